The number of nitrogens with zero attached hydrogens (tertiary/aromatic N) is 1. The maximum atomic E-state index is 13.2. The normalized spacial score (nSPS) is 13.0. The van der Waals surface area contributed by atoms with Crippen LogP contribution in [0.2, 0.25) is 0 Å². The Hall–Kier alpha value is -2.27. The number of nitrogens with one attached hydrogen (secondary N) is 1. The van der Waals surface area contributed by atoms with E-state index in [1.165, 1.54) is 6.07 Å². The fourth-order valence-electron chi connectivity index (χ4n) is 1.65. The number of aliphatic carboxylic acids is 1. The summed E-state index contributed by atoms with van der Waals surface area (Å²) in [5, 5.41) is 19.8. The second-order valence-electron chi connectivity index (χ2n) is 4.30. The zero-order valence-corrected chi connectivity index (χ0v) is 11.9. The first kappa shape index (κ1) is 16.8. The molecular formula is C13H13FN2O4S. The van der Waals surface area contributed by atoms with Gasteiger partial charge >= 0.3 is 5.97 Å². The second kappa shape index (κ2) is 7.50. The Morgan fingerprint density at radius 2 is 2.14 bits per heavy atom. The summed E-state index contributed by atoms with van der Waals surface area (Å²) >= 11 is 0. The van der Waals surface area contributed by atoms with E-state index in [1.54, 1.807) is 6.07 Å². The predicted octanol–water partition coefficient (Wildman–Crippen LogP) is 0.535. The number of carboxylic acid groups (broad SMARTS) is 1. The van der Waals surface area contributed by atoms with Gasteiger partial charge in [0.15, 0.2) is 0 Å². The van der Waals surface area contributed by atoms with Crippen LogP contribution in [0.4, 0.5) is 4.39 Å². The molecule has 0 heterocycles. The molecule has 0 aliphatic heterocycles. The van der Waals surface area contributed by atoms with Crippen molar-refractivity contribution in [3.8, 4) is 6.07 Å². The fraction of sp³-hybridized carbons (Fsp3) is 0.308. The summed E-state index contributed by atoms with van der Waals surface area (Å²) in [5.74, 6) is -2.87. The SMILES string of the molecule is CC(=O)NC(CS(=O)Cc1cc(F)cc(C#N)c1)C(=O)O. The molecule has 0 saturated heterocycles. The molecule has 1 amide bonds. The predicted molar refractivity (Wildman–Crippen MR) is 73.1 cm³/mol. The van der Waals surface area contributed by atoms with Crippen LogP contribution in [0.1, 0.15) is 18.1 Å². The van der Waals surface area contributed by atoms with Gasteiger partial charge in [0.25, 0.3) is 0 Å². The average molecular weight is 312 g/mol. The number of hydrogen-bond donors (Lipinski definition) is 2. The van der Waals surface area contributed by atoms with Crippen molar-refractivity contribution < 1.29 is 23.3 Å². The van der Waals surface area contributed by atoms with Crippen LogP contribution in [-0.2, 0) is 26.1 Å². The number of benzene rings is 1. The Kier molecular flexibility index (Phi) is 5.99. The van der Waals surface area contributed by atoms with E-state index in [-0.39, 0.29) is 17.1 Å². The van der Waals surface area contributed by atoms with Crippen LogP contribution in [-0.4, -0.2) is 33.0 Å². The van der Waals surface area contributed by atoms with Gasteiger partial charge in [-0.3, -0.25) is 9.00 Å². The quantitative estimate of drug-likeness (QED) is 0.797. The van der Waals surface area contributed by atoms with Crippen molar-refractivity contribution in [2.45, 2.75) is 18.7 Å². The smallest absolute Gasteiger partial charge is 0.327 e. The van der Waals surface area contributed by atoms with Gasteiger partial charge in [0.2, 0.25) is 5.91 Å². The fourth-order valence-corrected chi connectivity index (χ4v) is 2.90. The molecule has 6 nitrogen and oxygen atoms in total. The lowest BCUT2D eigenvalue weighted by atomic mass is 10.1. The number of halogens is 1. The minimum Gasteiger partial charge on any atom is -0.480 e. The van der Waals surface area contributed by atoms with Crippen molar-refractivity contribution in [1.82, 2.24) is 5.32 Å². The molecule has 0 fully saturated rings. The summed E-state index contributed by atoms with van der Waals surface area (Å²) in [7, 11) is -1.63. The van der Waals surface area contributed by atoms with Gasteiger partial charge in [0.1, 0.15) is 11.9 Å². The average Bonchev–Trinajstić information content (AvgIpc) is 2.36. The number of carboxylic acids is 1. The van der Waals surface area contributed by atoms with Gasteiger partial charge in [0.05, 0.1) is 17.4 Å². The minimum absolute atomic E-state index is 0.0960. The molecule has 2 unspecified atom stereocenters. The van der Waals surface area contributed by atoms with Crippen LogP contribution in [0, 0.1) is 17.1 Å². The van der Waals surface area contributed by atoms with Crippen LogP contribution in [0.25, 0.3) is 0 Å². The van der Waals surface area contributed by atoms with Crippen LogP contribution in [0.15, 0.2) is 18.2 Å². The highest BCUT2D eigenvalue weighted by Crippen LogP contribution is 2.11. The summed E-state index contributed by atoms with van der Waals surface area (Å²) in [6, 6.07) is 4.07. The van der Waals surface area contributed by atoms with Gasteiger partial charge < -0.3 is 10.4 Å². The van der Waals surface area contributed by atoms with Gasteiger partial charge in [-0.15, -0.1) is 0 Å². The molecule has 2 N–H and O–H groups in total. The number of rotatable bonds is 6. The van der Waals surface area contributed by atoms with E-state index >= 15 is 0 Å². The van der Waals surface area contributed by atoms with Gasteiger partial charge in [-0.2, -0.15) is 5.26 Å². The van der Waals surface area contributed by atoms with E-state index in [2.05, 4.69) is 5.32 Å². The van der Waals surface area contributed by atoms with Crippen molar-refractivity contribution in [2.75, 3.05) is 5.75 Å². The number of nitriles is 1. The maximum absolute atomic E-state index is 13.2. The highest BCUT2D eigenvalue weighted by atomic mass is 32.2. The number of hydrogen-bond acceptors (Lipinski definition) is 4. The minimum atomic E-state index is -1.63. The van der Waals surface area contributed by atoms with Crippen LogP contribution in [0.5, 0.6) is 0 Å². The Balaban J connectivity index is 2.77. The third-order valence-electron chi connectivity index (χ3n) is 2.44. The Labute approximate surface area is 123 Å². The van der Waals surface area contributed by atoms with E-state index < -0.39 is 34.5 Å². The zero-order chi connectivity index (χ0) is 16.0. The second-order valence-corrected chi connectivity index (χ2v) is 5.80. The van der Waals surface area contributed by atoms with E-state index in [4.69, 9.17) is 10.4 Å². The summed E-state index contributed by atoms with van der Waals surface area (Å²) in [4.78, 5) is 21.8. The molecule has 1 aromatic rings. The van der Waals surface area contributed by atoms with Crippen molar-refractivity contribution in [3.05, 3.63) is 35.1 Å². The third kappa shape index (κ3) is 5.71. The topological polar surface area (TPSA) is 107 Å². The van der Waals surface area contributed by atoms with Crippen molar-refractivity contribution in [1.29, 1.82) is 5.26 Å². The zero-order valence-electron chi connectivity index (χ0n) is 11.1. The number of carbonyl (C=O) groups excluding carboxylic acids is 1. The van der Waals surface area contributed by atoms with E-state index in [0.717, 1.165) is 19.1 Å². The summed E-state index contributed by atoms with van der Waals surface area (Å²) in [6.07, 6.45) is 0. The van der Waals surface area contributed by atoms with Gasteiger partial charge in [-0.05, 0) is 23.8 Å². The molecule has 21 heavy (non-hydrogen) atoms. The Bertz CT molecular complexity index is 627. The lowest BCUT2D eigenvalue weighted by Gasteiger charge is -2.12. The largest absolute Gasteiger partial charge is 0.480 e. The highest BCUT2D eigenvalue weighted by molar-refractivity contribution is 7.84. The van der Waals surface area contributed by atoms with Crippen molar-refractivity contribution in [3.63, 3.8) is 0 Å². The molecule has 112 valence electrons. The standard InChI is InChI=1S/C13H13FN2O4S/c1-8(17)16-12(13(18)19)7-21(20)6-10-2-9(5-15)3-11(14)4-10/h2-4,12H,6-7H2,1H3,(H,16,17)(H,18,19). The summed E-state index contributed by atoms with van der Waals surface area (Å²) in [6.45, 7) is 1.16. The van der Waals surface area contributed by atoms with Crippen molar-refractivity contribution >= 4 is 22.7 Å². The summed E-state index contributed by atoms with van der Waals surface area (Å²) < 4.78 is 25.1. The van der Waals surface area contributed by atoms with E-state index in [1.807, 2.05) is 0 Å². The number of amides is 1. The molecule has 0 bridgehead atoms. The molecule has 0 spiro atoms. The molecule has 8 heteroatoms. The van der Waals surface area contributed by atoms with E-state index in [9.17, 15) is 18.2 Å². The van der Waals surface area contributed by atoms with Crippen molar-refractivity contribution in [2.24, 2.45) is 0 Å². The first-order chi connectivity index (χ1) is 9.81. The monoisotopic (exact) mass is 312 g/mol. The van der Waals surface area contributed by atoms with Gasteiger partial charge in [0, 0.05) is 23.5 Å². The number of carbonyl (C=O) groups is 2. The molecule has 0 aliphatic rings. The van der Waals surface area contributed by atoms with Crippen LogP contribution < -0.4 is 5.32 Å². The lowest BCUT2D eigenvalue weighted by Crippen LogP contribution is -2.43. The Morgan fingerprint density at radius 3 is 2.67 bits per heavy atom. The first-order valence-electron chi connectivity index (χ1n) is 5.86. The Morgan fingerprint density at radius 1 is 1.48 bits per heavy atom. The molecular weight excluding hydrogens is 299 g/mol. The lowest BCUT2D eigenvalue weighted by molar-refractivity contribution is -0.140. The highest BCUT2D eigenvalue weighted by Gasteiger charge is 2.21. The molecule has 0 saturated carbocycles. The third-order valence-corrected chi connectivity index (χ3v) is 3.80. The summed E-state index contributed by atoms with van der Waals surface area (Å²) in [5.41, 5.74) is 0.426. The van der Waals surface area contributed by atoms with E-state index in [0.29, 0.717) is 5.56 Å². The first-order valence-corrected chi connectivity index (χ1v) is 7.35. The molecule has 0 radical (unpaired) electrons. The van der Waals surface area contributed by atoms with Crippen LogP contribution >= 0.6 is 0 Å². The van der Waals surface area contributed by atoms with Gasteiger partial charge in [-0.25, -0.2) is 9.18 Å². The van der Waals surface area contributed by atoms with Crippen LogP contribution in [0.3, 0.4) is 0 Å². The molecule has 1 aromatic carbocycles. The maximum Gasteiger partial charge on any atom is 0.327 e. The molecule has 1 rings (SSSR count). The van der Waals surface area contributed by atoms with Gasteiger partial charge in [-0.1, -0.05) is 0 Å². The molecule has 2 atom stereocenters. The molecule has 0 aliphatic carbocycles. The molecule has 0 aromatic heterocycles.